The zero-order chi connectivity index (χ0) is 25.1. The quantitative estimate of drug-likeness (QED) is 0.315. The van der Waals surface area contributed by atoms with Crippen LogP contribution in [-0.4, -0.2) is 18.0 Å². The van der Waals surface area contributed by atoms with Crippen LogP contribution in [0.3, 0.4) is 0 Å². The summed E-state index contributed by atoms with van der Waals surface area (Å²) in [5.74, 6) is 2.50. The molecule has 0 aliphatic heterocycles. The first kappa shape index (κ1) is 29.0. The molecule has 0 N–H and O–H groups in total. The summed E-state index contributed by atoms with van der Waals surface area (Å²) in [5, 5.41) is 0. The lowest BCUT2D eigenvalue weighted by Gasteiger charge is -2.26. The molecule has 0 amide bonds. The topological polar surface area (TPSA) is 27.7 Å². The summed E-state index contributed by atoms with van der Waals surface area (Å²) >= 11 is 0. The van der Waals surface area contributed by atoms with Gasteiger partial charge in [0.2, 0.25) is 5.79 Å². The molecular weight excluding hydrogens is 408 g/mol. The summed E-state index contributed by atoms with van der Waals surface area (Å²) < 4.78 is 17.2. The molecule has 0 saturated carbocycles. The van der Waals surface area contributed by atoms with Gasteiger partial charge in [-0.1, -0.05) is 58.9 Å². The van der Waals surface area contributed by atoms with Gasteiger partial charge in [0.05, 0.1) is 0 Å². The maximum atomic E-state index is 5.92. The van der Waals surface area contributed by atoms with E-state index in [9.17, 15) is 0 Å². The highest BCUT2D eigenvalue weighted by Crippen LogP contribution is 2.26. The molecule has 2 aromatic carbocycles. The molecule has 0 fully saturated rings. The van der Waals surface area contributed by atoms with Crippen molar-refractivity contribution in [2.75, 3.05) is 6.61 Å². The molecule has 186 valence electrons. The van der Waals surface area contributed by atoms with Crippen molar-refractivity contribution in [1.82, 2.24) is 0 Å². The highest BCUT2D eigenvalue weighted by molar-refractivity contribution is 5.30. The SMILES string of the molecule is CCC(C)c1ccc(OC(C)(C)CC)cc1.CCOC(C)(C)Oc1ccc(C(C)CC)cc1. The van der Waals surface area contributed by atoms with E-state index in [0.717, 1.165) is 24.3 Å². The van der Waals surface area contributed by atoms with E-state index < -0.39 is 5.79 Å². The van der Waals surface area contributed by atoms with Gasteiger partial charge in [-0.25, -0.2) is 0 Å². The second-order valence-corrected chi connectivity index (χ2v) is 9.91. The van der Waals surface area contributed by atoms with Crippen LogP contribution in [0.25, 0.3) is 0 Å². The molecule has 0 aliphatic carbocycles. The Morgan fingerprint density at radius 2 is 1.03 bits per heavy atom. The van der Waals surface area contributed by atoms with Crippen LogP contribution in [0.15, 0.2) is 48.5 Å². The summed E-state index contributed by atoms with van der Waals surface area (Å²) in [7, 11) is 0. The Labute approximate surface area is 203 Å². The van der Waals surface area contributed by atoms with E-state index in [-0.39, 0.29) is 5.60 Å². The fourth-order valence-corrected chi connectivity index (χ4v) is 3.25. The third-order valence-corrected chi connectivity index (χ3v) is 6.22. The minimum absolute atomic E-state index is 0.0715. The number of rotatable bonds is 11. The van der Waals surface area contributed by atoms with Gasteiger partial charge in [-0.2, -0.15) is 0 Å². The van der Waals surface area contributed by atoms with Gasteiger partial charge in [-0.3, -0.25) is 0 Å². The van der Waals surface area contributed by atoms with Crippen LogP contribution in [0.5, 0.6) is 11.5 Å². The van der Waals surface area contributed by atoms with Crippen molar-refractivity contribution in [3.05, 3.63) is 59.7 Å². The molecule has 2 aromatic rings. The second kappa shape index (κ2) is 13.6. The highest BCUT2D eigenvalue weighted by Gasteiger charge is 2.19. The predicted octanol–water partition coefficient (Wildman–Crippen LogP) is 9.12. The van der Waals surface area contributed by atoms with Crippen LogP contribution in [0.1, 0.15) is 111 Å². The molecule has 0 bridgehead atoms. The Balaban J connectivity index is 0.000000331. The number of ether oxygens (including phenoxy) is 3. The lowest BCUT2D eigenvalue weighted by atomic mass is 9.99. The maximum absolute atomic E-state index is 5.92. The van der Waals surface area contributed by atoms with Crippen molar-refractivity contribution in [3.63, 3.8) is 0 Å². The van der Waals surface area contributed by atoms with Gasteiger partial charge >= 0.3 is 0 Å². The zero-order valence-corrected chi connectivity index (χ0v) is 22.8. The third kappa shape index (κ3) is 10.6. The number of hydrogen-bond acceptors (Lipinski definition) is 3. The molecule has 0 aromatic heterocycles. The van der Waals surface area contributed by atoms with E-state index in [4.69, 9.17) is 14.2 Å². The molecule has 33 heavy (non-hydrogen) atoms. The smallest absolute Gasteiger partial charge is 0.204 e. The Hall–Kier alpha value is -2.00. The Kier molecular flexibility index (Phi) is 12.0. The van der Waals surface area contributed by atoms with E-state index in [1.807, 2.05) is 32.9 Å². The minimum atomic E-state index is -0.563. The molecule has 0 saturated heterocycles. The van der Waals surface area contributed by atoms with Crippen molar-refractivity contribution in [1.29, 1.82) is 0 Å². The van der Waals surface area contributed by atoms with E-state index in [2.05, 4.69) is 84.9 Å². The van der Waals surface area contributed by atoms with Crippen LogP contribution in [0.2, 0.25) is 0 Å². The Morgan fingerprint density at radius 3 is 1.36 bits per heavy atom. The lowest BCUT2D eigenvalue weighted by Crippen LogP contribution is -2.31. The van der Waals surface area contributed by atoms with Crippen molar-refractivity contribution in [2.45, 2.75) is 112 Å². The lowest BCUT2D eigenvalue weighted by molar-refractivity contribution is -0.152. The largest absolute Gasteiger partial charge is 0.488 e. The Bertz CT molecular complexity index is 775. The van der Waals surface area contributed by atoms with E-state index >= 15 is 0 Å². The first-order valence-corrected chi connectivity index (χ1v) is 12.7. The molecule has 2 atom stereocenters. The second-order valence-electron chi connectivity index (χ2n) is 9.91. The molecule has 0 spiro atoms. The summed E-state index contributed by atoms with van der Waals surface area (Å²) in [5.41, 5.74) is 2.68. The molecule has 0 heterocycles. The van der Waals surface area contributed by atoms with Gasteiger partial charge in [0.25, 0.3) is 0 Å². The van der Waals surface area contributed by atoms with Gasteiger partial charge < -0.3 is 14.2 Å². The van der Waals surface area contributed by atoms with Crippen LogP contribution >= 0.6 is 0 Å². The van der Waals surface area contributed by atoms with E-state index in [0.29, 0.717) is 18.4 Å². The monoisotopic (exact) mass is 456 g/mol. The van der Waals surface area contributed by atoms with Gasteiger partial charge in [-0.05, 0) is 87.3 Å². The standard InChI is InChI=1S/C15H24O2.C15H24O/c1-6-12(3)13-8-10-14(11-9-13)17-15(4,5)16-7-2;1-6-12(3)13-8-10-14(11-9-13)16-15(4,5)7-2/h8-12H,6-7H2,1-5H3;8-12H,6-7H2,1-5H3. The fourth-order valence-electron chi connectivity index (χ4n) is 3.25. The minimum Gasteiger partial charge on any atom is -0.488 e. The normalized spacial score (nSPS) is 13.5. The van der Waals surface area contributed by atoms with Crippen LogP contribution in [-0.2, 0) is 4.74 Å². The molecule has 2 unspecified atom stereocenters. The van der Waals surface area contributed by atoms with Gasteiger partial charge in [-0.15, -0.1) is 0 Å². The van der Waals surface area contributed by atoms with Crippen molar-refractivity contribution in [2.24, 2.45) is 0 Å². The molecule has 0 radical (unpaired) electrons. The first-order chi connectivity index (χ1) is 15.5. The van der Waals surface area contributed by atoms with E-state index in [1.54, 1.807) is 0 Å². The van der Waals surface area contributed by atoms with Crippen molar-refractivity contribution in [3.8, 4) is 11.5 Å². The molecule has 2 rings (SSSR count). The first-order valence-electron chi connectivity index (χ1n) is 12.7. The summed E-state index contributed by atoms with van der Waals surface area (Å²) in [6, 6.07) is 16.8. The average molecular weight is 457 g/mol. The number of hydrogen-bond donors (Lipinski definition) is 0. The van der Waals surface area contributed by atoms with Crippen LogP contribution in [0.4, 0.5) is 0 Å². The molecule has 0 aliphatic rings. The van der Waals surface area contributed by atoms with Gasteiger partial charge in [0.15, 0.2) is 0 Å². The molecule has 3 nitrogen and oxygen atoms in total. The molecule has 3 heteroatoms. The van der Waals surface area contributed by atoms with Gasteiger partial charge in [0.1, 0.15) is 17.1 Å². The van der Waals surface area contributed by atoms with Gasteiger partial charge in [0, 0.05) is 20.5 Å². The third-order valence-electron chi connectivity index (χ3n) is 6.22. The average Bonchev–Trinajstić information content (AvgIpc) is 2.79. The van der Waals surface area contributed by atoms with Crippen molar-refractivity contribution < 1.29 is 14.2 Å². The van der Waals surface area contributed by atoms with Crippen molar-refractivity contribution >= 4 is 0 Å². The number of benzene rings is 2. The molecular formula is C30H48O3. The summed E-state index contributed by atoms with van der Waals surface area (Å²) in [4.78, 5) is 0. The highest BCUT2D eigenvalue weighted by atomic mass is 16.7. The predicted molar refractivity (Wildman–Crippen MR) is 142 cm³/mol. The summed E-state index contributed by atoms with van der Waals surface area (Å²) in [6.07, 6.45) is 3.35. The summed E-state index contributed by atoms with van der Waals surface area (Å²) in [6.45, 7) is 21.8. The fraction of sp³-hybridized carbons (Fsp3) is 0.600. The van der Waals surface area contributed by atoms with Crippen LogP contribution < -0.4 is 9.47 Å². The van der Waals surface area contributed by atoms with Crippen LogP contribution in [0, 0.1) is 0 Å². The maximum Gasteiger partial charge on any atom is 0.204 e. The van der Waals surface area contributed by atoms with E-state index in [1.165, 1.54) is 17.5 Å². The zero-order valence-electron chi connectivity index (χ0n) is 22.8. The Morgan fingerprint density at radius 1 is 0.636 bits per heavy atom.